The first-order valence-electron chi connectivity index (χ1n) is 7.88. The lowest BCUT2D eigenvalue weighted by Gasteiger charge is -2.29. The van der Waals surface area contributed by atoms with Gasteiger partial charge >= 0.3 is 0 Å². The minimum atomic E-state index is -0.211. The zero-order valence-electron chi connectivity index (χ0n) is 12.9. The van der Waals surface area contributed by atoms with Crippen molar-refractivity contribution in [2.45, 2.75) is 19.4 Å². The zero-order valence-corrected chi connectivity index (χ0v) is 12.9. The lowest BCUT2D eigenvalue weighted by molar-refractivity contribution is -0.139. The number of hydrogen-bond acceptors (Lipinski definition) is 3. The molecule has 2 amide bonds. The van der Waals surface area contributed by atoms with Gasteiger partial charge in [-0.25, -0.2) is 0 Å². The number of ether oxygens (including phenoxy) is 1. The summed E-state index contributed by atoms with van der Waals surface area (Å²) >= 11 is 0. The number of amides is 2. The number of nitrogens with zero attached hydrogens (tertiary/aromatic N) is 2. The SMILES string of the molecule is C[C@H](c1ccccc1)N1C[C@@H](C(=O)N2CCOCC2)CC1=O. The van der Waals surface area contributed by atoms with Gasteiger partial charge in [-0.2, -0.15) is 0 Å². The monoisotopic (exact) mass is 302 g/mol. The van der Waals surface area contributed by atoms with Gasteiger partial charge in [0.25, 0.3) is 0 Å². The van der Waals surface area contributed by atoms with Crippen LogP contribution >= 0.6 is 0 Å². The second-order valence-electron chi connectivity index (χ2n) is 5.97. The fraction of sp³-hybridized carbons (Fsp3) is 0.529. The van der Waals surface area contributed by atoms with Crippen LogP contribution in [0, 0.1) is 5.92 Å². The van der Waals surface area contributed by atoms with Crippen LogP contribution in [0.4, 0.5) is 0 Å². The van der Waals surface area contributed by atoms with Crippen molar-refractivity contribution in [3.05, 3.63) is 35.9 Å². The average Bonchev–Trinajstić information content (AvgIpc) is 2.97. The fourth-order valence-corrected chi connectivity index (χ4v) is 3.22. The molecule has 0 aliphatic carbocycles. The topological polar surface area (TPSA) is 49.9 Å². The summed E-state index contributed by atoms with van der Waals surface area (Å²) in [6.45, 7) is 5.00. The van der Waals surface area contributed by atoms with Crippen LogP contribution < -0.4 is 0 Å². The van der Waals surface area contributed by atoms with E-state index in [2.05, 4.69) is 0 Å². The Balaban J connectivity index is 1.66. The maximum Gasteiger partial charge on any atom is 0.228 e. The smallest absolute Gasteiger partial charge is 0.228 e. The van der Waals surface area contributed by atoms with Gasteiger partial charge in [0.2, 0.25) is 11.8 Å². The Morgan fingerprint density at radius 1 is 1.23 bits per heavy atom. The van der Waals surface area contributed by atoms with Gasteiger partial charge in [-0.05, 0) is 12.5 Å². The van der Waals surface area contributed by atoms with Crippen molar-refractivity contribution in [2.75, 3.05) is 32.8 Å². The molecule has 0 unspecified atom stereocenters. The van der Waals surface area contributed by atoms with Crippen LogP contribution in [-0.2, 0) is 14.3 Å². The number of morpholine rings is 1. The van der Waals surface area contributed by atoms with Crippen molar-refractivity contribution in [3.8, 4) is 0 Å². The summed E-state index contributed by atoms with van der Waals surface area (Å²) < 4.78 is 5.28. The third kappa shape index (κ3) is 2.99. The molecule has 3 rings (SSSR count). The summed E-state index contributed by atoms with van der Waals surface area (Å²) in [5, 5.41) is 0. The Hall–Kier alpha value is -1.88. The first-order chi connectivity index (χ1) is 10.7. The maximum absolute atomic E-state index is 12.5. The summed E-state index contributed by atoms with van der Waals surface area (Å²) in [7, 11) is 0. The van der Waals surface area contributed by atoms with Crippen LogP contribution in [-0.4, -0.2) is 54.5 Å². The largest absolute Gasteiger partial charge is 0.378 e. The highest BCUT2D eigenvalue weighted by Crippen LogP contribution is 2.29. The number of carbonyl (C=O) groups excluding carboxylic acids is 2. The molecule has 1 aromatic rings. The molecule has 0 saturated carbocycles. The van der Waals surface area contributed by atoms with E-state index >= 15 is 0 Å². The van der Waals surface area contributed by atoms with Crippen LogP contribution in [0.5, 0.6) is 0 Å². The van der Waals surface area contributed by atoms with Crippen molar-refractivity contribution >= 4 is 11.8 Å². The van der Waals surface area contributed by atoms with Gasteiger partial charge in [-0.15, -0.1) is 0 Å². The average molecular weight is 302 g/mol. The molecular formula is C17H22N2O3. The van der Waals surface area contributed by atoms with Crippen LogP contribution in [0.3, 0.4) is 0 Å². The molecule has 0 radical (unpaired) electrons. The highest BCUT2D eigenvalue weighted by molar-refractivity contribution is 5.89. The Kier molecular flexibility index (Phi) is 4.43. The van der Waals surface area contributed by atoms with E-state index in [1.165, 1.54) is 0 Å². The van der Waals surface area contributed by atoms with E-state index in [-0.39, 0.29) is 23.8 Å². The molecule has 5 heteroatoms. The van der Waals surface area contributed by atoms with Crippen LogP contribution in [0.1, 0.15) is 24.9 Å². The highest BCUT2D eigenvalue weighted by atomic mass is 16.5. The summed E-state index contributed by atoms with van der Waals surface area (Å²) in [6.07, 6.45) is 0.327. The maximum atomic E-state index is 12.5. The van der Waals surface area contributed by atoms with Crippen molar-refractivity contribution in [3.63, 3.8) is 0 Å². The van der Waals surface area contributed by atoms with E-state index < -0.39 is 0 Å². The van der Waals surface area contributed by atoms with Gasteiger partial charge in [0.15, 0.2) is 0 Å². The number of rotatable bonds is 3. The molecule has 2 fully saturated rings. The molecule has 22 heavy (non-hydrogen) atoms. The van der Waals surface area contributed by atoms with Crippen molar-refractivity contribution < 1.29 is 14.3 Å². The molecule has 2 saturated heterocycles. The molecule has 1 aromatic carbocycles. The fourth-order valence-electron chi connectivity index (χ4n) is 3.22. The molecule has 2 aliphatic heterocycles. The Morgan fingerprint density at radius 3 is 2.59 bits per heavy atom. The zero-order chi connectivity index (χ0) is 15.5. The molecule has 0 bridgehead atoms. The number of likely N-dealkylation sites (tertiary alicyclic amines) is 1. The summed E-state index contributed by atoms with van der Waals surface area (Å²) in [6, 6.07) is 9.97. The van der Waals surface area contributed by atoms with E-state index in [1.54, 1.807) is 0 Å². The van der Waals surface area contributed by atoms with Gasteiger partial charge in [0.05, 0.1) is 25.2 Å². The third-order valence-electron chi connectivity index (χ3n) is 4.58. The second-order valence-corrected chi connectivity index (χ2v) is 5.97. The minimum Gasteiger partial charge on any atom is -0.378 e. The molecule has 2 aliphatic rings. The Morgan fingerprint density at radius 2 is 1.91 bits per heavy atom. The molecule has 118 valence electrons. The number of hydrogen-bond donors (Lipinski definition) is 0. The number of carbonyl (C=O) groups is 2. The highest BCUT2D eigenvalue weighted by Gasteiger charge is 2.38. The molecule has 0 N–H and O–H groups in total. The molecule has 0 spiro atoms. The Labute approximate surface area is 130 Å². The van der Waals surface area contributed by atoms with Crippen molar-refractivity contribution in [1.29, 1.82) is 0 Å². The lowest BCUT2D eigenvalue weighted by Crippen LogP contribution is -2.44. The molecule has 5 nitrogen and oxygen atoms in total. The quantitative estimate of drug-likeness (QED) is 0.849. The van der Waals surface area contributed by atoms with Crippen molar-refractivity contribution in [1.82, 2.24) is 9.80 Å². The van der Waals surface area contributed by atoms with Gasteiger partial charge in [-0.3, -0.25) is 9.59 Å². The second kappa shape index (κ2) is 6.48. The van der Waals surface area contributed by atoms with E-state index in [1.807, 2.05) is 47.1 Å². The third-order valence-corrected chi connectivity index (χ3v) is 4.58. The van der Waals surface area contributed by atoms with E-state index in [0.29, 0.717) is 39.3 Å². The van der Waals surface area contributed by atoms with Crippen molar-refractivity contribution in [2.24, 2.45) is 5.92 Å². The van der Waals surface area contributed by atoms with Gasteiger partial charge < -0.3 is 14.5 Å². The van der Waals surface area contributed by atoms with Gasteiger partial charge in [-0.1, -0.05) is 30.3 Å². The van der Waals surface area contributed by atoms with Gasteiger partial charge in [0, 0.05) is 26.1 Å². The van der Waals surface area contributed by atoms with E-state index in [0.717, 1.165) is 5.56 Å². The van der Waals surface area contributed by atoms with Crippen LogP contribution in [0.2, 0.25) is 0 Å². The predicted molar refractivity (Wildman–Crippen MR) is 82.1 cm³/mol. The molecule has 0 aromatic heterocycles. The normalized spacial score (nSPS) is 23.7. The summed E-state index contributed by atoms with van der Waals surface area (Å²) in [5.74, 6) is -0.0425. The molecule has 2 heterocycles. The van der Waals surface area contributed by atoms with Crippen LogP contribution in [0.15, 0.2) is 30.3 Å². The summed E-state index contributed by atoms with van der Waals surface area (Å²) in [5.41, 5.74) is 1.11. The number of benzene rings is 1. The molecular weight excluding hydrogens is 280 g/mol. The van der Waals surface area contributed by atoms with Gasteiger partial charge in [0.1, 0.15) is 0 Å². The summed E-state index contributed by atoms with van der Waals surface area (Å²) in [4.78, 5) is 28.5. The Bertz CT molecular complexity index is 540. The van der Waals surface area contributed by atoms with Crippen LogP contribution in [0.25, 0.3) is 0 Å². The predicted octanol–water partition coefficient (Wildman–Crippen LogP) is 1.45. The standard InChI is InChI=1S/C17H22N2O3/c1-13(14-5-3-2-4-6-14)19-12-15(11-16(19)20)17(21)18-7-9-22-10-8-18/h2-6,13,15H,7-12H2,1H3/t13-,15+/m1/s1. The van der Waals surface area contributed by atoms with E-state index in [4.69, 9.17) is 4.74 Å². The first kappa shape index (κ1) is 15.0. The minimum absolute atomic E-state index is 0.0104. The molecule has 2 atom stereocenters. The van der Waals surface area contributed by atoms with E-state index in [9.17, 15) is 9.59 Å². The lowest BCUT2D eigenvalue weighted by atomic mass is 10.1. The first-order valence-corrected chi connectivity index (χ1v) is 7.88.